The van der Waals surface area contributed by atoms with Crippen LogP contribution in [0.3, 0.4) is 0 Å². The second-order valence-electron chi connectivity index (χ2n) is 6.20. The number of hydrogen-bond donors (Lipinski definition) is 2. The first-order valence-corrected chi connectivity index (χ1v) is 8.63. The summed E-state index contributed by atoms with van der Waals surface area (Å²) in [5, 5.41) is 5.95. The number of benzene rings is 2. The van der Waals surface area contributed by atoms with Crippen LogP contribution in [0.25, 0.3) is 0 Å². The molecule has 0 radical (unpaired) electrons. The van der Waals surface area contributed by atoms with Gasteiger partial charge in [-0.1, -0.05) is 18.2 Å². The van der Waals surface area contributed by atoms with Crippen LogP contribution < -0.4 is 10.6 Å². The minimum absolute atomic E-state index is 0.184. The van der Waals surface area contributed by atoms with Crippen molar-refractivity contribution in [2.45, 2.75) is 13.8 Å². The fraction of sp³-hybridized carbons (Fsp3) is 0.143. The molecule has 142 valence electrons. The minimum Gasteiger partial charge on any atom is -0.465 e. The van der Waals surface area contributed by atoms with Gasteiger partial charge < -0.3 is 15.4 Å². The lowest BCUT2D eigenvalue weighted by Crippen LogP contribution is -2.14. The van der Waals surface area contributed by atoms with Crippen LogP contribution in [0.15, 0.2) is 54.9 Å². The smallest absolute Gasteiger partial charge is 0.337 e. The molecule has 0 unspecified atom stereocenters. The van der Waals surface area contributed by atoms with Crippen LogP contribution in [-0.2, 0) is 4.74 Å². The van der Waals surface area contributed by atoms with E-state index in [0.717, 1.165) is 16.8 Å². The van der Waals surface area contributed by atoms with Crippen molar-refractivity contribution < 1.29 is 14.3 Å². The number of anilines is 3. The summed E-state index contributed by atoms with van der Waals surface area (Å²) in [4.78, 5) is 32.2. The molecule has 2 N–H and O–H groups in total. The summed E-state index contributed by atoms with van der Waals surface area (Å²) in [7, 11) is 1.32. The third kappa shape index (κ3) is 4.32. The zero-order valence-corrected chi connectivity index (χ0v) is 15.8. The standard InChI is InChI=1S/C21H20N4O3/c1-13-5-4-6-14(2)19(13)25-18-12-22-17(11-23-18)20(26)24-16-9-7-15(8-10-16)21(27)28-3/h4-12H,1-3H3,(H,23,25)(H,24,26). The maximum Gasteiger partial charge on any atom is 0.337 e. The molecule has 0 aliphatic carbocycles. The second-order valence-corrected chi connectivity index (χ2v) is 6.20. The molecule has 0 bridgehead atoms. The molecule has 28 heavy (non-hydrogen) atoms. The predicted molar refractivity (Wildman–Crippen MR) is 107 cm³/mol. The summed E-state index contributed by atoms with van der Waals surface area (Å²) in [5.41, 5.74) is 4.29. The molecule has 0 atom stereocenters. The maximum absolute atomic E-state index is 12.3. The van der Waals surface area contributed by atoms with Gasteiger partial charge in [0.15, 0.2) is 0 Å². The van der Waals surface area contributed by atoms with Crippen molar-refractivity contribution in [2.75, 3.05) is 17.7 Å². The lowest BCUT2D eigenvalue weighted by atomic mass is 10.1. The highest BCUT2D eigenvalue weighted by Gasteiger charge is 2.11. The highest BCUT2D eigenvalue weighted by atomic mass is 16.5. The minimum atomic E-state index is -0.435. The van der Waals surface area contributed by atoms with Gasteiger partial charge in [-0.15, -0.1) is 0 Å². The van der Waals surface area contributed by atoms with E-state index < -0.39 is 11.9 Å². The Labute approximate surface area is 162 Å². The number of nitrogens with zero attached hydrogens (tertiary/aromatic N) is 2. The van der Waals surface area contributed by atoms with Gasteiger partial charge in [-0.3, -0.25) is 4.79 Å². The van der Waals surface area contributed by atoms with Crippen LogP contribution >= 0.6 is 0 Å². The van der Waals surface area contributed by atoms with E-state index in [0.29, 0.717) is 17.1 Å². The zero-order chi connectivity index (χ0) is 20.1. The largest absolute Gasteiger partial charge is 0.465 e. The molecule has 0 spiro atoms. The Kier molecular flexibility index (Phi) is 5.64. The second kappa shape index (κ2) is 8.30. The van der Waals surface area contributed by atoms with E-state index in [2.05, 4.69) is 25.3 Å². The molecule has 3 aromatic rings. The monoisotopic (exact) mass is 376 g/mol. The topological polar surface area (TPSA) is 93.2 Å². The number of aryl methyl sites for hydroxylation is 2. The van der Waals surface area contributed by atoms with Crippen LogP contribution in [0.4, 0.5) is 17.2 Å². The molecule has 1 amide bonds. The van der Waals surface area contributed by atoms with Crippen LogP contribution in [0.5, 0.6) is 0 Å². The molecule has 7 nitrogen and oxygen atoms in total. The number of methoxy groups -OCH3 is 1. The van der Waals surface area contributed by atoms with Crippen molar-refractivity contribution in [1.29, 1.82) is 0 Å². The number of para-hydroxylation sites is 1. The van der Waals surface area contributed by atoms with Crippen molar-refractivity contribution in [2.24, 2.45) is 0 Å². The van der Waals surface area contributed by atoms with Gasteiger partial charge in [0.1, 0.15) is 11.5 Å². The number of ether oxygens (including phenoxy) is 1. The van der Waals surface area contributed by atoms with Gasteiger partial charge in [0, 0.05) is 11.4 Å². The Hall–Kier alpha value is -3.74. The number of esters is 1. The fourth-order valence-corrected chi connectivity index (χ4v) is 2.65. The molecule has 1 heterocycles. The Bertz CT molecular complexity index is 979. The first kappa shape index (κ1) is 19.0. The van der Waals surface area contributed by atoms with Gasteiger partial charge >= 0.3 is 5.97 Å². The van der Waals surface area contributed by atoms with E-state index in [1.54, 1.807) is 24.3 Å². The molecule has 3 rings (SSSR count). The van der Waals surface area contributed by atoms with Gasteiger partial charge in [-0.25, -0.2) is 14.8 Å². The van der Waals surface area contributed by atoms with Gasteiger partial charge in [0.25, 0.3) is 5.91 Å². The lowest BCUT2D eigenvalue weighted by Gasteiger charge is -2.12. The van der Waals surface area contributed by atoms with Crippen molar-refractivity contribution in [1.82, 2.24) is 9.97 Å². The lowest BCUT2D eigenvalue weighted by molar-refractivity contribution is 0.0600. The maximum atomic E-state index is 12.3. The Morgan fingerprint density at radius 1 is 0.929 bits per heavy atom. The van der Waals surface area contributed by atoms with Crippen molar-refractivity contribution >= 4 is 29.1 Å². The molecule has 2 aromatic carbocycles. The molecule has 0 saturated heterocycles. The molecular formula is C21H20N4O3. The molecule has 0 fully saturated rings. The van der Waals surface area contributed by atoms with Gasteiger partial charge in [0.2, 0.25) is 0 Å². The first-order chi connectivity index (χ1) is 13.5. The van der Waals surface area contributed by atoms with Crippen molar-refractivity contribution in [3.8, 4) is 0 Å². The SMILES string of the molecule is COC(=O)c1ccc(NC(=O)c2cnc(Nc3c(C)cccc3C)cn2)cc1. The molecule has 0 aliphatic heterocycles. The van der Waals surface area contributed by atoms with Crippen molar-refractivity contribution in [3.63, 3.8) is 0 Å². The predicted octanol–water partition coefficient (Wildman–Crippen LogP) is 3.88. The van der Waals surface area contributed by atoms with Gasteiger partial charge in [-0.2, -0.15) is 0 Å². The summed E-state index contributed by atoms with van der Waals surface area (Å²) >= 11 is 0. The molecule has 0 aliphatic rings. The van der Waals surface area contributed by atoms with E-state index in [1.807, 2.05) is 32.0 Å². The fourth-order valence-electron chi connectivity index (χ4n) is 2.65. The van der Waals surface area contributed by atoms with E-state index >= 15 is 0 Å². The zero-order valence-electron chi connectivity index (χ0n) is 15.8. The van der Waals surface area contributed by atoms with Crippen LogP contribution in [0.1, 0.15) is 32.0 Å². The average Bonchev–Trinajstić information content (AvgIpc) is 2.71. The normalized spacial score (nSPS) is 10.2. The Balaban J connectivity index is 1.67. The Morgan fingerprint density at radius 3 is 2.18 bits per heavy atom. The average molecular weight is 376 g/mol. The number of carbonyl (C=O) groups excluding carboxylic acids is 2. The van der Waals surface area contributed by atoms with Crippen LogP contribution in [0, 0.1) is 13.8 Å². The molecule has 7 heteroatoms. The van der Waals surface area contributed by atoms with E-state index in [1.165, 1.54) is 19.5 Å². The van der Waals surface area contributed by atoms with E-state index in [-0.39, 0.29) is 5.69 Å². The number of aromatic nitrogens is 2. The van der Waals surface area contributed by atoms with Crippen LogP contribution in [0.2, 0.25) is 0 Å². The van der Waals surface area contributed by atoms with Gasteiger partial charge in [-0.05, 0) is 49.2 Å². The number of nitrogens with one attached hydrogen (secondary N) is 2. The van der Waals surface area contributed by atoms with Crippen LogP contribution in [-0.4, -0.2) is 29.0 Å². The van der Waals surface area contributed by atoms with Crippen molar-refractivity contribution in [3.05, 3.63) is 77.2 Å². The van der Waals surface area contributed by atoms with E-state index in [4.69, 9.17) is 0 Å². The summed E-state index contributed by atoms with van der Waals surface area (Å²) in [6.45, 7) is 4.02. The Morgan fingerprint density at radius 2 is 1.61 bits per heavy atom. The quantitative estimate of drug-likeness (QED) is 0.657. The first-order valence-electron chi connectivity index (χ1n) is 8.63. The third-order valence-corrected chi connectivity index (χ3v) is 4.18. The number of carbonyl (C=O) groups is 2. The van der Waals surface area contributed by atoms with E-state index in [9.17, 15) is 9.59 Å². The number of hydrogen-bond acceptors (Lipinski definition) is 6. The third-order valence-electron chi connectivity index (χ3n) is 4.18. The number of amides is 1. The highest BCUT2D eigenvalue weighted by molar-refractivity contribution is 6.03. The molecule has 1 aromatic heterocycles. The summed E-state index contributed by atoms with van der Waals surface area (Å²) in [6, 6.07) is 12.4. The number of rotatable bonds is 5. The molecular weight excluding hydrogens is 356 g/mol. The summed E-state index contributed by atoms with van der Waals surface area (Å²) in [5.74, 6) is -0.274. The highest BCUT2D eigenvalue weighted by Crippen LogP contribution is 2.22. The summed E-state index contributed by atoms with van der Waals surface area (Å²) < 4.78 is 4.64. The van der Waals surface area contributed by atoms with Gasteiger partial charge in [0.05, 0.1) is 25.1 Å². The summed E-state index contributed by atoms with van der Waals surface area (Å²) in [6.07, 6.45) is 2.93. The molecule has 0 saturated carbocycles.